The Morgan fingerprint density at radius 1 is 0.405 bits per heavy atom. The van der Waals surface area contributed by atoms with E-state index in [2.05, 4.69) is 148 Å². The van der Waals surface area contributed by atoms with Gasteiger partial charge in [-0.05, 0) is 95.1 Å². The van der Waals surface area contributed by atoms with Crippen molar-refractivity contribution in [3.63, 3.8) is 0 Å². The SMILES string of the molecule is Cc1ccccc1-c1cc(C(C)(c2ccc(-c3ccccc3)cc2)c2ccc(N)c(-c3ccccc3C)c2)ccc1N. The minimum atomic E-state index is -0.481. The van der Waals surface area contributed by atoms with Gasteiger partial charge in [-0.15, -0.1) is 0 Å². The van der Waals surface area contributed by atoms with Crippen LogP contribution in [0.15, 0.2) is 140 Å². The zero-order valence-electron chi connectivity index (χ0n) is 24.4. The van der Waals surface area contributed by atoms with Crippen LogP contribution in [0.2, 0.25) is 0 Å². The average Bonchev–Trinajstić information content (AvgIpc) is 3.02. The Balaban J connectivity index is 1.58. The molecule has 6 aromatic rings. The van der Waals surface area contributed by atoms with E-state index in [0.717, 1.165) is 33.6 Å². The first-order valence-corrected chi connectivity index (χ1v) is 14.4. The van der Waals surface area contributed by atoms with E-state index in [1.54, 1.807) is 0 Å². The van der Waals surface area contributed by atoms with Crippen molar-refractivity contribution in [3.05, 3.63) is 167 Å². The molecule has 0 aliphatic heterocycles. The third-order valence-electron chi connectivity index (χ3n) is 8.70. The number of hydrogen-bond acceptors (Lipinski definition) is 2. The molecular weight excluding hydrogens is 508 g/mol. The molecule has 0 spiro atoms. The minimum absolute atomic E-state index is 0.481. The van der Waals surface area contributed by atoms with Crippen LogP contribution in [-0.4, -0.2) is 0 Å². The van der Waals surface area contributed by atoms with E-state index >= 15 is 0 Å². The van der Waals surface area contributed by atoms with Crippen molar-refractivity contribution in [2.75, 3.05) is 11.5 Å². The molecule has 0 aromatic heterocycles. The van der Waals surface area contributed by atoms with Crippen LogP contribution in [-0.2, 0) is 5.41 Å². The van der Waals surface area contributed by atoms with E-state index in [1.165, 1.54) is 38.9 Å². The van der Waals surface area contributed by atoms with E-state index in [0.29, 0.717) is 0 Å². The number of benzene rings is 6. The van der Waals surface area contributed by atoms with Gasteiger partial charge >= 0.3 is 0 Å². The van der Waals surface area contributed by atoms with Crippen LogP contribution in [0.4, 0.5) is 11.4 Å². The number of rotatable bonds is 6. The summed E-state index contributed by atoms with van der Waals surface area (Å²) < 4.78 is 0. The Bertz CT molecular complexity index is 1770. The van der Waals surface area contributed by atoms with E-state index in [4.69, 9.17) is 11.5 Å². The fraction of sp³-hybridized carbons (Fsp3) is 0.100. The second kappa shape index (κ2) is 11.1. The number of nitrogen functional groups attached to an aromatic ring is 2. The van der Waals surface area contributed by atoms with Crippen molar-refractivity contribution in [2.24, 2.45) is 0 Å². The lowest BCUT2D eigenvalue weighted by molar-refractivity contribution is 0.693. The fourth-order valence-electron chi connectivity index (χ4n) is 6.08. The summed E-state index contributed by atoms with van der Waals surface area (Å²) in [5, 5.41) is 0. The molecule has 0 aliphatic carbocycles. The molecule has 0 fully saturated rings. The summed E-state index contributed by atoms with van der Waals surface area (Å²) in [4.78, 5) is 0. The Labute approximate surface area is 249 Å². The molecule has 2 nitrogen and oxygen atoms in total. The monoisotopic (exact) mass is 544 g/mol. The highest BCUT2D eigenvalue weighted by atomic mass is 14.6. The topological polar surface area (TPSA) is 52.0 Å². The highest BCUT2D eigenvalue weighted by Crippen LogP contribution is 2.44. The van der Waals surface area contributed by atoms with E-state index in [9.17, 15) is 0 Å². The van der Waals surface area contributed by atoms with Crippen molar-refractivity contribution in [2.45, 2.75) is 26.2 Å². The largest absolute Gasteiger partial charge is 0.398 e. The van der Waals surface area contributed by atoms with Crippen LogP contribution in [0.3, 0.4) is 0 Å². The van der Waals surface area contributed by atoms with Gasteiger partial charge in [-0.3, -0.25) is 0 Å². The highest BCUT2D eigenvalue weighted by molar-refractivity contribution is 5.82. The number of anilines is 2. The summed E-state index contributed by atoms with van der Waals surface area (Å²) >= 11 is 0. The molecule has 0 bridgehead atoms. The van der Waals surface area contributed by atoms with Crippen LogP contribution in [0.1, 0.15) is 34.7 Å². The molecule has 42 heavy (non-hydrogen) atoms. The maximum atomic E-state index is 6.62. The lowest BCUT2D eigenvalue weighted by Crippen LogP contribution is -2.26. The summed E-state index contributed by atoms with van der Waals surface area (Å²) in [6, 6.07) is 49.3. The van der Waals surface area contributed by atoms with Crippen LogP contribution in [0.25, 0.3) is 33.4 Å². The smallest absolute Gasteiger partial charge is 0.0423 e. The second-order valence-corrected chi connectivity index (χ2v) is 11.3. The first kappa shape index (κ1) is 27.1. The minimum Gasteiger partial charge on any atom is -0.398 e. The number of nitrogens with two attached hydrogens (primary N) is 2. The van der Waals surface area contributed by atoms with Gasteiger partial charge < -0.3 is 11.5 Å². The summed E-state index contributed by atoms with van der Waals surface area (Å²) in [5.74, 6) is 0. The normalized spacial score (nSPS) is 11.4. The predicted molar refractivity (Wildman–Crippen MR) is 179 cm³/mol. The predicted octanol–water partition coefficient (Wildman–Crippen LogP) is 9.82. The molecule has 206 valence electrons. The molecule has 2 heteroatoms. The van der Waals surface area contributed by atoms with Gasteiger partial charge in [0.05, 0.1) is 0 Å². The first-order chi connectivity index (χ1) is 20.4. The molecule has 0 saturated heterocycles. The lowest BCUT2D eigenvalue weighted by Gasteiger charge is -2.33. The summed E-state index contributed by atoms with van der Waals surface area (Å²) in [7, 11) is 0. The maximum Gasteiger partial charge on any atom is 0.0423 e. The van der Waals surface area contributed by atoms with Crippen LogP contribution < -0.4 is 11.5 Å². The van der Waals surface area contributed by atoms with Crippen molar-refractivity contribution in [1.82, 2.24) is 0 Å². The van der Waals surface area contributed by atoms with Crippen molar-refractivity contribution in [1.29, 1.82) is 0 Å². The van der Waals surface area contributed by atoms with Gasteiger partial charge in [-0.1, -0.05) is 115 Å². The third-order valence-corrected chi connectivity index (χ3v) is 8.70. The lowest BCUT2D eigenvalue weighted by atomic mass is 9.69. The molecule has 4 N–H and O–H groups in total. The fourth-order valence-corrected chi connectivity index (χ4v) is 6.08. The molecule has 0 unspecified atom stereocenters. The molecule has 6 aromatic carbocycles. The molecule has 6 rings (SSSR count). The van der Waals surface area contributed by atoms with Gasteiger partial charge in [-0.2, -0.15) is 0 Å². The molecule has 0 saturated carbocycles. The van der Waals surface area contributed by atoms with Crippen LogP contribution in [0, 0.1) is 13.8 Å². The Kier molecular flexibility index (Phi) is 7.14. The molecule has 0 amide bonds. The molecular formula is C40H36N2. The van der Waals surface area contributed by atoms with E-state index in [1.807, 2.05) is 12.1 Å². The Morgan fingerprint density at radius 3 is 1.29 bits per heavy atom. The zero-order chi connectivity index (χ0) is 29.3. The third kappa shape index (κ3) is 4.86. The Morgan fingerprint density at radius 2 is 0.810 bits per heavy atom. The molecule has 0 radical (unpaired) electrons. The van der Waals surface area contributed by atoms with Crippen molar-refractivity contribution < 1.29 is 0 Å². The summed E-state index contributed by atoms with van der Waals surface area (Å²) in [5.41, 5.74) is 27.0. The van der Waals surface area contributed by atoms with E-state index < -0.39 is 5.41 Å². The maximum absolute atomic E-state index is 6.62. The number of aryl methyl sites for hydroxylation is 2. The van der Waals surface area contributed by atoms with Crippen molar-refractivity contribution in [3.8, 4) is 33.4 Å². The Hall–Kier alpha value is -5.08. The standard InChI is InChI=1S/C40H36N2/c1-27-11-7-9-15-34(27)36-25-32(21-23-38(36)41)40(3,31-19-17-30(18-20-31)29-13-5-4-6-14-29)33-22-24-39(42)37(26-33)35-16-10-8-12-28(35)2/h4-26H,41-42H2,1-3H3. The van der Waals surface area contributed by atoms with Crippen molar-refractivity contribution >= 4 is 11.4 Å². The highest BCUT2D eigenvalue weighted by Gasteiger charge is 2.33. The molecule has 0 atom stereocenters. The van der Waals surface area contributed by atoms with Gasteiger partial charge in [0, 0.05) is 27.9 Å². The molecule has 0 aliphatic rings. The van der Waals surface area contributed by atoms with Gasteiger partial charge in [-0.25, -0.2) is 0 Å². The van der Waals surface area contributed by atoms with Gasteiger partial charge in [0.1, 0.15) is 0 Å². The van der Waals surface area contributed by atoms with Gasteiger partial charge in [0.2, 0.25) is 0 Å². The second-order valence-electron chi connectivity index (χ2n) is 11.3. The van der Waals surface area contributed by atoms with Crippen LogP contribution >= 0.6 is 0 Å². The first-order valence-electron chi connectivity index (χ1n) is 14.4. The summed E-state index contributed by atoms with van der Waals surface area (Å²) in [6.45, 7) is 6.58. The average molecular weight is 545 g/mol. The van der Waals surface area contributed by atoms with E-state index in [-0.39, 0.29) is 0 Å². The number of hydrogen-bond donors (Lipinski definition) is 2. The van der Waals surface area contributed by atoms with Crippen LogP contribution in [0.5, 0.6) is 0 Å². The van der Waals surface area contributed by atoms with Gasteiger partial charge in [0.15, 0.2) is 0 Å². The summed E-state index contributed by atoms with van der Waals surface area (Å²) in [6.07, 6.45) is 0. The molecule has 0 heterocycles. The zero-order valence-corrected chi connectivity index (χ0v) is 24.4. The quantitative estimate of drug-likeness (QED) is 0.162. The van der Waals surface area contributed by atoms with Gasteiger partial charge in [0.25, 0.3) is 0 Å².